The average molecular weight is 257 g/mol. The van der Waals surface area contributed by atoms with Crippen molar-refractivity contribution in [2.24, 2.45) is 0 Å². The largest absolute Gasteiger partial charge is 0.467 e. The Hall–Kier alpha value is -2.20. The molecule has 1 unspecified atom stereocenters. The number of benzene rings is 1. The predicted octanol–water partition coefficient (Wildman–Crippen LogP) is 2.51. The number of hydrogen-bond donors (Lipinski definition) is 0. The Bertz CT molecular complexity index is 513. The number of carbonyl (C=O) groups is 1. The van der Waals surface area contributed by atoms with Gasteiger partial charge >= 0.3 is 5.97 Å². The minimum Gasteiger partial charge on any atom is -0.467 e. The minimum absolute atomic E-state index is 0.259. The Balaban J connectivity index is 2.09. The van der Waals surface area contributed by atoms with Crippen LogP contribution in [0.15, 0.2) is 54.7 Å². The summed E-state index contributed by atoms with van der Waals surface area (Å²) in [5.74, 6) is -0.415. The lowest BCUT2D eigenvalue weighted by Gasteiger charge is -2.15. The van der Waals surface area contributed by atoms with E-state index in [2.05, 4.69) is 4.98 Å². The molecule has 98 valence electrons. The summed E-state index contributed by atoms with van der Waals surface area (Å²) in [7, 11) is 1.35. The molecule has 1 aromatic heterocycles. The monoisotopic (exact) mass is 257 g/mol. The average Bonchev–Trinajstić information content (AvgIpc) is 2.49. The van der Waals surface area contributed by atoms with Crippen LogP contribution in [0, 0.1) is 0 Å². The van der Waals surface area contributed by atoms with E-state index in [-0.39, 0.29) is 6.61 Å². The molecule has 2 rings (SSSR count). The molecular weight excluding hydrogens is 242 g/mol. The third-order valence-corrected chi connectivity index (χ3v) is 2.64. The number of aromatic nitrogens is 1. The first-order chi connectivity index (χ1) is 9.31. The summed E-state index contributed by atoms with van der Waals surface area (Å²) >= 11 is 0. The van der Waals surface area contributed by atoms with Crippen LogP contribution in [0.5, 0.6) is 0 Å². The first kappa shape index (κ1) is 13.2. The molecule has 0 spiro atoms. The van der Waals surface area contributed by atoms with Crippen LogP contribution >= 0.6 is 0 Å². The SMILES string of the molecule is COC(=O)C(OCc1ccccn1)c1ccccc1. The van der Waals surface area contributed by atoms with Gasteiger partial charge in [-0.15, -0.1) is 0 Å². The lowest BCUT2D eigenvalue weighted by Crippen LogP contribution is -2.17. The van der Waals surface area contributed by atoms with Gasteiger partial charge in [0.25, 0.3) is 0 Å². The smallest absolute Gasteiger partial charge is 0.339 e. The molecule has 0 saturated carbocycles. The van der Waals surface area contributed by atoms with Crippen molar-refractivity contribution in [2.75, 3.05) is 7.11 Å². The lowest BCUT2D eigenvalue weighted by atomic mass is 10.1. The summed E-state index contributed by atoms with van der Waals surface area (Å²) in [6, 6.07) is 14.8. The second-order valence-corrected chi connectivity index (χ2v) is 3.95. The van der Waals surface area contributed by atoms with Crippen LogP contribution < -0.4 is 0 Å². The van der Waals surface area contributed by atoms with Gasteiger partial charge in [-0.1, -0.05) is 36.4 Å². The van der Waals surface area contributed by atoms with Crippen molar-refractivity contribution in [3.8, 4) is 0 Å². The highest BCUT2D eigenvalue weighted by molar-refractivity contribution is 5.76. The fourth-order valence-corrected chi connectivity index (χ4v) is 1.69. The van der Waals surface area contributed by atoms with E-state index in [9.17, 15) is 4.79 Å². The molecular formula is C15H15NO3. The van der Waals surface area contributed by atoms with Crippen LogP contribution in [0.3, 0.4) is 0 Å². The molecule has 1 heterocycles. The topological polar surface area (TPSA) is 48.4 Å². The number of hydrogen-bond acceptors (Lipinski definition) is 4. The molecule has 1 aromatic carbocycles. The molecule has 0 aliphatic heterocycles. The summed E-state index contributed by atoms with van der Waals surface area (Å²) in [5.41, 5.74) is 1.54. The number of carbonyl (C=O) groups excluding carboxylic acids is 1. The van der Waals surface area contributed by atoms with Crippen LogP contribution in [-0.2, 0) is 20.9 Å². The van der Waals surface area contributed by atoms with Gasteiger partial charge in [-0.2, -0.15) is 0 Å². The van der Waals surface area contributed by atoms with Crippen molar-refractivity contribution in [1.82, 2.24) is 4.98 Å². The van der Waals surface area contributed by atoms with E-state index < -0.39 is 12.1 Å². The molecule has 0 amide bonds. The van der Waals surface area contributed by atoms with E-state index in [1.54, 1.807) is 6.20 Å². The molecule has 0 aliphatic rings. The zero-order chi connectivity index (χ0) is 13.5. The van der Waals surface area contributed by atoms with Crippen molar-refractivity contribution < 1.29 is 14.3 Å². The molecule has 0 bridgehead atoms. The van der Waals surface area contributed by atoms with Crippen molar-refractivity contribution in [3.05, 3.63) is 66.0 Å². The van der Waals surface area contributed by atoms with E-state index in [0.29, 0.717) is 0 Å². The number of esters is 1. The van der Waals surface area contributed by atoms with Gasteiger partial charge in [0.2, 0.25) is 0 Å². The summed E-state index contributed by atoms with van der Waals surface area (Å²) in [4.78, 5) is 15.9. The van der Waals surface area contributed by atoms with Crippen LogP contribution in [-0.4, -0.2) is 18.1 Å². The maximum Gasteiger partial charge on any atom is 0.339 e. The Labute approximate surface area is 112 Å². The van der Waals surface area contributed by atoms with Crippen LogP contribution in [0.2, 0.25) is 0 Å². The normalized spacial score (nSPS) is 11.8. The molecule has 4 nitrogen and oxygen atoms in total. The predicted molar refractivity (Wildman–Crippen MR) is 70.2 cm³/mol. The van der Waals surface area contributed by atoms with Gasteiger partial charge < -0.3 is 9.47 Å². The molecule has 0 fully saturated rings. The number of nitrogens with zero attached hydrogens (tertiary/aromatic N) is 1. The van der Waals surface area contributed by atoms with E-state index in [1.165, 1.54) is 7.11 Å². The van der Waals surface area contributed by atoms with Gasteiger partial charge in [-0.05, 0) is 17.7 Å². The molecule has 0 radical (unpaired) electrons. The molecule has 1 atom stereocenters. The fourth-order valence-electron chi connectivity index (χ4n) is 1.69. The van der Waals surface area contributed by atoms with Gasteiger partial charge in [0.15, 0.2) is 6.10 Å². The van der Waals surface area contributed by atoms with Crippen LogP contribution in [0.4, 0.5) is 0 Å². The summed E-state index contributed by atoms with van der Waals surface area (Å²) in [6.07, 6.45) is 0.960. The van der Waals surface area contributed by atoms with Crippen molar-refractivity contribution in [1.29, 1.82) is 0 Å². The maximum absolute atomic E-state index is 11.8. The highest BCUT2D eigenvalue weighted by atomic mass is 16.6. The summed E-state index contributed by atoms with van der Waals surface area (Å²) < 4.78 is 10.4. The van der Waals surface area contributed by atoms with Gasteiger partial charge in [0.1, 0.15) is 0 Å². The molecule has 19 heavy (non-hydrogen) atoms. The Morgan fingerprint density at radius 2 is 1.89 bits per heavy atom. The maximum atomic E-state index is 11.8. The van der Waals surface area contributed by atoms with Gasteiger partial charge in [-0.25, -0.2) is 4.79 Å². The molecule has 0 aliphatic carbocycles. The number of pyridine rings is 1. The van der Waals surface area contributed by atoms with Crippen molar-refractivity contribution in [3.63, 3.8) is 0 Å². The van der Waals surface area contributed by atoms with E-state index in [0.717, 1.165) is 11.3 Å². The quantitative estimate of drug-likeness (QED) is 0.772. The standard InChI is InChI=1S/C15H15NO3/c1-18-15(17)14(12-7-3-2-4-8-12)19-11-13-9-5-6-10-16-13/h2-10,14H,11H2,1H3. The summed E-state index contributed by atoms with van der Waals surface area (Å²) in [6.45, 7) is 0.259. The van der Waals surface area contributed by atoms with E-state index >= 15 is 0 Å². The van der Waals surface area contributed by atoms with Crippen molar-refractivity contribution in [2.45, 2.75) is 12.7 Å². The first-order valence-corrected chi connectivity index (χ1v) is 5.95. The molecule has 4 heteroatoms. The van der Waals surface area contributed by atoms with E-state index in [1.807, 2.05) is 48.5 Å². The number of ether oxygens (including phenoxy) is 2. The number of rotatable bonds is 5. The highest BCUT2D eigenvalue weighted by Gasteiger charge is 2.22. The van der Waals surface area contributed by atoms with Crippen LogP contribution in [0.1, 0.15) is 17.4 Å². The van der Waals surface area contributed by atoms with Gasteiger partial charge in [0.05, 0.1) is 19.4 Å². The molecule has 2 aromatic rings. The van der Waals surface area contributed by atoms with Crippen molar-refractivity contribution >= 4 is 5.97 Å². The molecule has 0 N–H and O–H groups in total. The highest BCUT2D eigenvalue weighted by Crippen LogP contribution is 2.20. The number of methoxy groups -OCH3 is 1. The van der Waals surface area contributed by atoms with Gasteiger partial charge in [-0.3, -0.25) is 4.98 Å². The third-order valence-electron chi connectivity index (χ3n) is 2.64. The van der Waals surface area contributed by atoms with E-state index in [4.69, 9.17) is 9.47 Å². The first-order valence-electron chi connectivity index (χ1n) is 5.95. The lowest BCUT2D eigenvalue weighted by molar-refractivity contribution is -0.155. The third kappa shape index (κ3) is 3.63. The second-order valence-electron chi connectivity index (χ2n) is 3.95. The Morgan fingerprint density at radius 1 is 1.16 bits per heavy atom. The minimum atomic E-state index is -0.729. The Kier molecular flexibility index (Phi) is 4.64. The second kappa shape index (κ2) is 6.66. The fraction of sp³-hybridized carbons (Fsp3) is 0.200. The summed E-state index contributed by atoms with van der Waals surface area (Å²) in [5, 5.41) is 0. The zero-order valence-corrected chi connectivity index (χ0v) is 10.7. The van der Waals surface area contributed by atoms with Crippen LogP contribution in [0.25, 0.3) is 0 Å². The zero-order valence-electron chi connectivity index (χ0n) is 10.7. The van der Waals surface area contributed by atoms with Gasteiger partial charge in [0, 0.05) is 6.20 Å². The molecule has 0 saturated heterocycles. The Morgan fingerprint density at radius 3 is 2.53 bits per heavy atom.